The number of amides is 1. The van der Waals surface area contributed by atoms with E-state index in [9.17, 15) is 18.0 Å². The SMILES string of the molecule is CCc1ccc(-c2cc(C(F)(F)F)n3nc(C(=O)N4CCN(C(c5ccccc5)c5ccccc5)CC4)cc3n2)s1. The van der Waals surface area contributed by atoms with Crippen LogP contribution in [0.1, 0.15) is 45.2 Å². The van der Waals surface area contributed by atoms with Gasteiger partial charge in [0, 0.05) is 37.1 Å². The molecule has 0 N–H and O–H groups in total. The zero-order valence-corrected chi connectivity index (χ0v) is 23.2. The predicted octanol–water partition coefficient (Wildman–Crippen LogP) is 6.59. The molecule has 0 bridgehead atoms. The standard InChI is InChI=1S/C31H28F3N5OS/c1-2-23-13-14-26(41-23)24-19-27(31(32,33)34)39-28(35-24)20-25(36-39)30(40)38-17-15-37(16-18-38)29(21-9-5-3-6-10-21)22-11-7-4-8-12-22/h3-14,19-20,29H,2,15-18H2,1H3. The summed E-state index contributed by atoms with van der Waals surface area (Å²) in [5.74, 6) is -0.398. The van der Waals surface area contributed by atoms with E-state index in [0.717, 1.165) is 33.0 Å². The number of carbonyl (C=O) groups excluding carboxylic acids is 1. The zero-order chi connectivity index (χ0) is 28.6. The summed E-state index contributed by atoms with van der Waals surface area (Å²) in [6, 6.07) is 26.5. The van der Waals surface area contributed by atoms with Crippen molar-refractivity contribution in [3.8, 4) is 10.6 Å². The molecule has 6 nitrogen and oxygen atoms in total. The molecule has 5 aromatic rings. The third kappa shape index (κ3) is 5.49. The lowest BCUT2D eigenvalue weighted by atomic mass is 9.96. The number of halogens is 3. The van der Waals surface area contributed by atoms with Crippen LogP contribution in [0.2, 0.25) is 0 Å². The van der Waals surface area contributed by atoms with Crippen LogP contribution in [-0.2, 0) is 12.6 Å². The number of benzene rings is 2. The van der Waals surface area contributed by atoms with Crippen LogP contribution >= 0.6 is 11.3 Å². The minimum Gasteiger partial charge on any atom is -0.335 e. The summed E-state index contributed by atoms with van der Waals surface area (Å²) in [6.07, 6.45) is -3.88. The summed E-state index contributed by atoms with van der Waals surface area (Å²) in [6.45, 7) is 4.08. The number of hydrogen-bond donors (Lipinski definition) is 0. The number of alkyl halides is 3. The molecule has 0 saturated carbocycles. The first kappa shape index (κ1) is 27.2. The molecule has 1 fully saturated rings. The molecule has 0 atom stereocenters. The maximum Gasteiger partial charge on any atom is 0.433 e. The number of thiophene rings is 1. The number of piperazine rings is 1. The van der Waals surface area contributed by atoms with E-state index in [-0.39, 0.29) is 23.1 Å². The van der Waals surface area contributed by atoms with Crippen LogP contribution < -0.4 is 0 Å². The molecule has 210 valence electrons. The first-order chi connectivity index (χ1) is 19.8. The van der Waals surface area contributed by atoms with Crippen molar-refractivity contribution in [2.45, 2.75) is 25.6 Å². The van der Waals surface area contributed by atoms with Crippen molar-refractivity contribution < 1.29 is 18.0 Å². The van der Waals surface area contributed by atoms with Gasteiger partial charge in [-0.2, -0.15) is 18.3 Å². The Balaban J connectivity index is 1.25. The highest BCUT2D eigenvalue weighted by Gasteiger charge is 2.36. The molecule has 10 heteroatoms. The number of aromatic nitrogens is 3. The van der Waals surface area contributed by atoms with E-state index >= 15 is 0 Å². The van der Waals surface area contributed by atoms with Gasteiger partial charge < -0.3 is 4.90 Å². The van der Waals surface area contributed by atoms with Crippen molar-refractivity contribution in [3.05, 3.63) is 112 Å². The van der Waals surface area contributed by atoms with Crippen LogP contribution in [0, 0.1) is 0 Å². The van der Waals surface area contributed by atoms with Crippen LogP contribution in [0.25, 0.3) is 16.2 Å². The van der Waals surface area contributed by atoms with Gasteiger partial charge in [0.25, 0.3) is 5.91 Å². The van der Waals surface area contributed by atoms with Gasteiger partial charge in [0.2, 0.25) is 0 Å². The summed E-state index contributed by atoms with van der Waals surface area (Å²) in [5.41, 5.74) is 1.54. The monoisotopic (exact) mass is 575 g/mol. The Morgan fingerprint density at radius 3 is 2.10 bits per heavy atom. The number of aryl methyl sites for hydroxylation is 1. The molecular formula is C31H28F3N5OS. The van der Waals surface area contributed by atoms with Crippen molar-refractivity contribution in [1.29, 1.82) is 0 Å². The number of carbonyl (C=O) groups is 1. The third-order valence-corrected chi connectivity index (χ3v) is 8.65. The quantitative estimate of drug-likeness (QED) is 0.229. The molecule has 41 heavy (non-hydrogen) atoms. The Kier molecular flexibility index (Phi) is 7.35. The highest BCUT2D eigenvalue weighted by Crippen LogP contribution is 2.35. The van der Waals surface area contributed by atoms with Crippen molar-refractivity contribution >= 4 is 22.9 Å². The molecule has 0 unspecified atom stereocenters. The Bertz CT molecular complexity index is 1620. The number of nitrogens with zero attached hydrogens (tertiary/aromatic N) is 5. The van der Waals surface area contributed by atoms with Crippen molar-refractivity contribution in [2.75, 3.05) is 26.2 Å². The average Bonchev–Trinajstić information content (AvgIpc) is 3.65. The summed E-state index contributed by atoms with van der Waals surface area (Å²) in [4.78, 5) is 23.6. The van der Waals surface area contributed by atoms with Crippen LogP contribution in [0.4, 0.5) is 13.2 Å². The van der Waals surface area contributed by atoms with Gasteiger partial charge in [-0.25, -0.2) is 9.50 Å². The van der Waals surface area contributed by atoms with E-state index in [1.165, 1.54) is 17.4 Å². The molecule has 3 aromatic heterocycles. The van der Waals surface area contributed by atoms with Crippen LogP contribution in [-0.4, -0.2) is 56.5 Å². The molecule has 0 radical (unpaired) electrons. The second-order valence-corrected chi connectivity index (χ2v) is 11.2. The van der Waals surface area contributed by atoms with Gasteiger partial charge in [-0.05, 0) is 35.7 Å². The van der Waals surface area contributed by atoms with Gasteiger partial charge in [-0.1, -0.05) is 67.6 Å². The van der Waals surface area contributed by atoms with Crippen LogP contribution in [0.3, 0.4) is 0 Å². The van der Waals surface area contributed by atoms with Gasteiger partial charge in [0.05, 0.1) is 16.6 Å². The fourth-order valence-electron chi connectivity index (χ4n) is 5.34. The first-order valence-corrected chi connectivity index (χ1v) is 14.3. The van der Waals surface area contributed by atoms with Gasteiger partial charge in [0.15, 0.2) is 17.0 Å². The zero-order valence-electron chi connectivity index (χ0n) is 22.4. The van der Waals surface area contributed by atoms with E-state index in [1.807, 2.05) is 49.4 Å². The fraction of sp³-hybridized carbons (Fsp3) is 0.258. The van der Waals surface area contributed by atoms with E-state index in [1.54, 1.807) is 11.0 Å². The Morgan fingerprint density at radius 2 is 1.54 bits per heavy atom. The average molecular weight is 576 g/mol. The second kappa shape index (κ2) is 11.1. The molecule has 1 aliphatic heterocycles. The molecule has 0 spiro atoms. The van der Waals surface area contributed by atoms with Crippen molar-refractivity contribution in [2.24, 2.45) is 0 Å². The molecule has 1 amide bonds. The Labute approximate surface area is 239 Å². The summed E-state index contributed by atoms with van der Waals surface area (Å²) in [5, 5.41) is 4.09. The fourth-order valence-corrected chi connectivity index (χ4v) is 6.25. The minimum absolute atomic E-state index is 0.00326. The Morgan fingerprint density at radius 1 is 0.902 bits per heavy atom. The van der Waals surface area contributed by atoms with Crippen molar-refractivity contribution in [1.82, 2.24) is 24.4 Å². The molecular weight excluding hydrogens is 547 g/mol. The smallest absolute Gasteiger partial charge is 0.335 e. The molecule has 1 saturated heterocycles. The van der Waals surface area contributed by atoms with Gasteiger partial charge in [0.1, 0.15) is 0 Å². The summed E-state index contributed by atoms with van der Waals surface area (Å²) >= 11 is 1.41. The van der Waals surface area contributed by atoms with Gasteiger partial charge in [-0.3, -0.25) is 9.69 Å². The molecule has 1 aliphatic rings. The Hall–Kier alpha value is -4.02. The number of hydrogen-bond acceptors (Lipinski definition) is 5. The van der Waals surface area contributed by atoms with Gasteiger partial charge in [-0.15, -0.1) is 11.3 Å². The largest absolute Gasteiger partial charge is 0.433 e. The maximum atomic E-state index is 14.1. The van der Waals surface area contributed by atoms with E-state index in [2.05, 4.69) is 39.2 Å². The number of fused-ring (bicyclic) bond motifs is 1. The first-order valence-electron chi connectivity index (χ1n) is 13.5. The molecule has 0 aliphatic carbocycles. The van der Waals surface area contributed by atoms with E-state index in [4.69, 9.17) is 0 Å². The van der Waals surface area contributed by atoms with E-state index < -0.39 is 17.8 Å². The van der Waals surface area contributed by atoms with Gasteiger partial charge >= 0.3 is 6.18 Å². The van der Waals surface area contributed by atoms with E-state index in [0.29, 0.717) is 31.1 Å². The lowest BCUT2D eigenvalue weighted by molar-refractivity contribution is -0.142. The molecule has 6 rings (SSSR count). The highest BCUT2D eigenvalue weighted by atomic mass is 32.1. The highest BCUT2D eigenvalue weighted by molar-refractivity contribution is 7.15. The summed E-state index contributed by atoms with van der Waals surface area (Å²) in [7, 11) is 0. The van der Waals surface area contributed by atoms with Crippen LogP contribution in [0.15, 0.2) is 84.9 Å². The molecule has 2 aromatic carbocycles. The lowest BCUT2D eigenvalue weighted by Crippen LogP contribution is -2.50. The third-order valence-electron chi connectivity index (χ3n) is 7.40. The van der Waals surface area contributed by atoms with Crippen molar-refractivity contribution in [3.63, 3.8) is 0 Å². The molecule has 4 heterocycles. The topological polar surface area (TPSA) is 53.7 Å². The number of rotatable bonds is 6. The minimum atomic E-state index is -4.66. The normalized spacial score (nSPS) is 14.7. The summed E-state index contributed by atoms with van der Waals surface area (Å²) < 4.78 is 42.9. The second-order valence-electron chi connectivity index (χ2n) is 10.00. The maximum absolute atomic E-state index is 14.1. The van der Waals surface area contributed by atoms with Crippen LogP contribution in [0.5, 0.6) is 0 Å². The predicted molar refractivity (Wildman–Crippen MR) is 153 cm³/mol. The lowest BCUT2D eigenvalue weighted by Gasteiger charge is -2.39.